The van der Waals surface area contributed by atoms with Crippen LogP contribution in [0.25, 0.3) is 0 Å². The summed E-state index contributed by atoms with van der Waals surface area (Å²) in [4.78, 5) is 10.8. The first kappa shape index (κ1) is 13.2. The van der Waals surface area contributed by atoms with Crippen molar-refractivity contribution in [1.29, 1.82) is 0 Å². The van der Waals surface area contributed by atoms with Crippen LogP contribution >= 0.6 is 0 Å². The summed E-state index contributed by atoms with van der Waals surface area (Å²) in [6.45, 7) is 2.90. The number of benzene rings is 1. The summed E-state index contributed by atoms with van der Waals surface area (Å²) in [5, 5.41) is 3.07. The number of amides is 1. The molecule has 0 unspecified atom stereocenters. The molecule has 0 aliphatic carbocycles. The Morgan fingerprint density at radius 1 is 1.53 bits per heavy atom. The van der Waals surface area contributed by atoms with E-state index in [4.69, 9.17) is 5.73 Å². The molecule has 0 spiro atoms. The lowest BCUT2D eigenvalue weighted by atomic mass is 10.1. The molecule has 90 valence electrons. The quantitative estimate of drug-likeness (QED) is 0.598. The van der Waals surface area contributed by atoms with Crippen molar-refractivity contribution in [1.82, 2.24) is 5.32 Å². The third-order valence-electron chi connectivity index (χ3n) is 2.26. The van der Waals surface area contributed by atoms with Gasteiger partial charge in [0.25, 0.3) is 0 Å². The molecular formula is C13H15FN2O. The Balaban J connectivity index is 2.53. The second kappa shape index (κ2) is 6.66. The van der Waals surface area contributed by atoms with Crippen LogP contribution in [-0.2, 0) is 6.54 Å². The van der Waals surface area contributed by atoms with E-state index in [0.29, 0.717) is 18.7 Å². The predicted octanol–water partition coefficient (Wildman–Crippen LogP) is 1.43. The van der Waals surface area contributed by atoms with Crippen LogP contribution in [0.5, 0.6) is 0 Å². The zero-order valence-corrected chi connectivity index (χ0v) is 9.72. The van der Waals surface area contributed by atoms with E-state index in [0.717, 1.165) is 12.5 Å². The molecule has 3 N–H and O–H groups in total. The maximum atomic E-state index is 13.5. The van der Waals surface area contributed by atoms with Crippen LogP contribution in [0.4, 0.5) is 4.39 Å². The van der Waals surface area contributed by atoms with Gasteiger partial charge in [-0.2, -0.15) is 0 Å². The average molecular weight is 234 g/mol. The van der Waals surface area contributed by atoms with Crippen molar-refractivity contribution in [2.24, 2.45) is 5.73 Å². The van der Waals surface area contributed by atoms with Crippen LogP contribution in [-0.4, -0.2) is 12.5 Å². The van der Waals surface area contributed by atoms with E-state index in [9.17, 15) is 9.18 Å². The maximum absolute atomic E-state index is 13.5. The Labute approximate surface area is 100 Å². The van der Waals surface area contributed by atoms with Crippen LogP contribution in [0.2, 0.25) is 0 Å². The van der Waals surface area contributed by atoms with Crippen LogP contribution in [0.1, 0.15) is 29.3 Å². The van der Waals surface area contributed by atoms with E-state index in [-0.39, 0.29) is 5.56 Å². The number of hydrogen-bond acceptors (Lipinski definition) is 2. The zero-order valence-electron chi connectivity index (χ0n) is 9.72. The summed E-state index contributed by atoms with van der Waals surface area (Å²) >= 11 is 0. The molecule has 3 nitrogen and oxygen atoms in total. The third kappa shape index (κ3) is 4.25. The minimum absolute atomic E-state index is 0.183. The number of nitrogens with two attached hydrogens (primary N) is 1. The largest absolute Gasteiger partial charge is 0.366 e. The molecule has 4 heteroatoms. The Kier molecular flexibility index (Phi) is 5.18. The maximum Gasteiger partial charge on any atom is 0.248 e. The van der Waals surface area contributed by atoms with Crippen molar-refractivity contribution in [3.63, 3.8) is 0 Å². The summed E-state index contributed by atoms with van der Waals surface area (Å²) in [7, 11) is 0. The van der Waals surface area contributed by atoms with Crippen LogP contribution in [0.15, 0.2) is 18.2 Å². The Morgan fingerprint density at radius 2 is 2.29 bits per heavy atom. The minimum atomic E-state index is -0.623. The van der Waals surface area contributed by atoms with Crippen molar-refractivity contribution in [2.45, 2.75) is 19.9 Å². The van der Waals surface area contributed by atoms with Gasteiger partial charge in [-0.1, -0.05) is 6.07 Å². The lowest BCUT2D eigenvalue weighted by Gasteiger charge is -2.05. The summed E-state index contributed by atoms with van der Waals surface area (Å²) in [6.07, 6.45) is 0.734. The van der Waals surface area contributed by atoms with Gasteiger partial charge in [0, 0.05) is 30.6 Å². The number of nitrogens with one attached hydrogen (secondary N) is 1. The van der Waals surface area contributed by atoms with E-state index >= 15 is 0 Å². The molecule has 0 aromatic heterocycles. The molecule has 0 saturated carbocycles. The highest BCUT2D eigenvalue weighted by Crippen LogP contribution is 2.09. The van der Waals surface area contributed by atoms with Crippen LogP contribution < -0.4 is 11.1 Å². The molecule has 0 heterocycles. The number of halogens is 1. The molecule has 17 heavy (non-hydrogen) atoms. The van der Waals surface area contributed by atoms with Crippen molar-refractivity contribution < 1.29 is 9.18 Å². The van der Waals surface area contributed by atoms with Crippen LogP contribution in [0.3, 0.4) is 0 Å². The SMILES string of the molecule is CC#CCCNCc1ccc(C(N)=O)cc1F. The van der Waals surface area contributed by atoms with Gasteiger partial charge in [-0.3, -0.25) is 4.79 Å². The summed E-state index contributed by atoms with van der Waals surface area (Å²) < 4.78 is 13.5. The molecule has 1 amide bonds. The van der Waals surface area contributed by atoms with Crippen molar-refractivity contribution in [3.8, 4) is 11.8 Å². The van der Waals surface area contributed by atoms with E-state index in [1.165, 1.54) is 6.07 Å². The Morgan fingerprint density at radius 3 is 2.88 bits per heavy atom. The number of rotatable bonds is 5. The Bertz CT molecular complexity index is 460. The molecule has 1 aromatic carbocycles. The lowest BCUT2D eigenvalue weighted by molar-refractivity contribution is 0.1000. The summed E-state index contributed by atoms with van der Waals surface area (Å²) in [5.74, 6) is 4.64. The first-order valence-electron chi connectivity index (χ1n) is 5.33. The monoisotopic (exact) mass is 234 g/mol. The van der Waals surface area contributed by atoms with Gasteiger partial charge in [-0.15, -0.1) is 11.8 Å². The van der Waals surface area contributed by atoms with Crippen molar-refractivity contribution >= 4 is 5.91 Å². The highest BCUT2D eigenvalue weighted by atomic mass is 19.1. The van der Waals surface area contributed by atoms with Gasteiger partial charge >= 0.3 is 0 Å². The molecule has 1 aromatic rings. The topological polar surface area (TPSA) is 55.1 Å². The van der Waals surface area contributed by atoms with Gasteiger partial charge in [0.05, 0.1) is 0 Å². The minimum Gasteiger partial charge on any atom is -0.366 e. The van der Waals surface area contributed by atoms with Gasteiger partial charge in [0.1, 0.15) is 5.82 Å². The second-order valence-corrected chi connectivity index (χ2v) is 3.52. The molecule has 0 radical (unpaired) electrons. The van der Waals surface area contributed by atoms with E-state index in [1.807, 2.05) is 0 Å². The lowest BCUT2D eigenvalue weighted by Crippen LogP contribution is -2.16. The standard InChI is InChI=1S/C13H15FN2O/c1-2-3-4-7-16-9-11-6-5-10(13(15)17)8-12(11)14/h5-6,8,16H,4,7,9H2,1H3,(H2,15,17). The fourth-order valence-corrected chi connectivity index (χ4v) is 1.34. The normalized spacial score (nSPS) is 9.53. The highest BCUT2D eigenvalue weighted by Gasteiger charge is 2.06. The van der Waals surface area contributed by atoms with Gasteiger partial charge in [0.15, 0.2) is 0 Å². The molecule has 0 aliphatic rings. The first-order chi connectivity index (χ1) is 8.15. The van der Waals surface area contributed by atoms with Crippen LogP contribution in [0, 0.1) is 17.7 Å². The summed E-state index contributed by atoms with van der Waals surface area (Å²) in [6, 6.07) is 4.24. The predicted molar refractivity (Wildman–Crippen MR) is 64.7 cm³/mol. The second-order valence-electron chi connectivity index (χ2n) is 3.52. The third-order valence-corrected chi connectivity index (χ3v) is 2.26. The molecule has 0 atom stereocenters. The molecule has 0 saturated heterocycles. The molecule has 0 fully saturated rings. The van der Waals surface area contributed by atoms with Crippen molar-refractivity contribution in [3.05, 3.63) is 35.1 Å². The van der Waals surface area contributed by atoms with E-state index in [1.54, 1.807) is 13.0 Å². The van der Waals surface area contributed by atoms with E-state index in [2.05, 4.69) is 17.2 Å². The number of carbonyl (C=O) groups is 1. The fourth-order valence-electron chi connectivity index (χ4n) is 1.34. The molecular weight excluding hydrogens is 219 g/mol. The number of carbonyl (C=O) groups excluding carboxylic acids is 1. The number of primary amides is 1. The zero-order chi connectivity index (χ0) is 12.7. The van der Waals surface area contributed by atoms with Gasteiger partial charge in [0.2, 0.25) is 5.91 Å². The van der Waals surface area contributed by atoms with Crippen molar-refractivity contribution in [2.75, 3.05) is 6.54 Å². The molecule has 1 rings (SSSR count). The fraction of sp³-hybridized carbons (Fsp3) is 0.308. The average Bonchev–Trinajstić information content (AvgIpc) is 2.30. The molecule has 0 bridgehead atoms. The number of hydrogen-bond donors (Lipinski definition) is 2. The smallest absolute Gasteiger partial charge is 0.248 e. The van der Waals surface area contributed by atoms with Gasteiger partial charge in [-0.25, -0.2) is 4.39 Å². The van der Waals surface area contributed by atoms with Gasteiger partial charge < -0.3 is 11.1 Å². The van der Waals surface area contributed by atoms with E-state index < -0.39 is 11.7 Å². The summed E-state index contributed by atoms with van der Waals surface area (Å²) in [5.41, 5.74) is 5.75. The Hall–Kier alpha value is -1.86. The highest BCUT2D eigenvalue weighted by molar-refractivity contribution is 5.92. The molecule has 0 aliphatic heterocycles. The first-order valence-corrected chi connectivity index (χ1v) is 5.33. The van der Waals surface area contributed by atoms with Gasteiger partial charge in [-0.05, 0) is 19.1 Å².